The zero-order valence-electron chi connectivity index (χ0n) is 11.5. The van der Waals surface area contributed by atoms with Crippen LogP contribution in [0.3, 0.4) is 0 Å². The predicted molar refractivity (Wildman–Crippen MR) is 71.9 cm³/mol. The van der Waals surface area contributed by atoms with E-state index in [1.165, 1.54) is 38.5 Å². The van der Waals surface area contributed by atoms with Gasteiger partial charge >= 0.3 is 0 Å². The van der Waals surface area contributed by atoms with Crippen LogP contribution in [0, 0.1) is 17.8 Å². The average molecular weight is 239 g/mol. The van der Waals surface area contributed by atoms with Gasteiger partial charge in [-0.3, -0.25) is 0 Å². The summed E-state index contributed by atoms with van der Waals surface area (Å²) in [4.78, 5) is 0. The summed E-state index contributed by atoms with van der Waals surface area (Å²) in [5, 5.41) is 0. The van der Waals surface area contributed by atoms with Crippen LogP contribution in [-0.4, -0.2) is 18.8 Å². The third-order valence-corrected chi connectivity index (χ3v) is 4.91. The fourth-order valence-corrected chi connectivity index (χ4v) is 3.15. The molecule has 0 aromatic rings. The smallest absolute Gasteiger partial charge is 0.0728 e. The minimum absolute atomic E-state index is 0.284. The van der Waals surface area contributed by atoms with Crippen LogP contribution in [0.15, 0.2) is 0 Å². The van der Waals surface area contributed by atoms with Crippen LogP contribution in [0.1, 0.15) is 58.8 Å². The Balaban J connectivity index is 1.69. The zero-order chi connectivity index (χ0) is 12.3. The van der Waals surface area contributed by atoms with Gasteiger partial charge in [0.05, 0.1) is 6.10 Å². The first-order chi connectivity index (χ1) is 8.16. The molecular formula is C15H29NO. The van der Waals surface area contributed by atoms with Crippen molar-refractivity contribution < 1.29 is 4.74 Å². The van der Waals surface area contributed by atoms with Crippen molar-refractivity contribution in [2.24, 2.45) is 23.5 Å². The molecule has 0 aromatic heterocycles. The molecule has 0 saturated heterocycles. The van der Waals surface area contributed by atoms with E-state index in [0.717, 1.165) is 30.8 Å². The molecule has 2 fully saturated rings. The van der Waals surface area contributed by atoms with Gasteiger partial charge in [0, 0.05) is 12.6 Å². The summed E-state index contributed by atoms with van der Waals surface area (Å²) in [6, 6.07) is 0.284. The molecule has 2 aliphatic carbocycles. The van der Waals surface area contributed by atoms with Crippen molar-refractivity contribution in [3.8, 4) is 0 Å². The zero-order valence-corrected chi connectivity index (χ0v) is 11.5. The Morgan fingerprint density at radius 3 is 2.53 bits per heavy atom. The van der Waals surface area contributed by atoms with E-state index in [-0.39, 0.29) is 6.04 Å². The van der Waals surface area contributed by atoms with Crippen LogP contribution in [-0.2, 0) is 4.74 Å². The summed E-state index contributed by atoms with van der Waals surface area (Å²) in [5.41, 5.74) is 6.18. The van der Waals surface area contributed by atoms with Crippen molar-refractivity contribution in [3.05, 3.63) is 0 Å². The van der Waals surface area contributed by atoms with Crippen molar-refractivity contribution in [3.63, 3.8) is 0 Å². The van der Waals surface area contributed by atoms with Crippen LogP contribution in [0.4, 0.5) is 0 Å². The molecule has 0 spiro atoms. The maximum Gasteiger partial charge on any atom is 0.0728 e. The van der Waals surface area contributed by atoms with Crippen LogP contribution in [0.25, 0.3) is 0 Å². The molecule has 2 saturated carbocycles. The van der Waals surface area contributed by atoms with E-state index in [2.05, 4.69) is 13.8 Å². The lowest BCUT2D eigenvalue weighted by Crippen LogP contribution is -2.43. The van der Waals surface area contributed by atoms with Gasteiger partial charge in [-0.1, -0.05) is 33.1 Å². The number of nitrogens with two attached hydrogens (primary N) is 1. The van der Waals surface area contributed by atoms with Crippen molar-refractivity contribution >= 4 is 0 Å². The second kappa shape index (κ2) is 6.19. The van der Waals surface area contributed by atoms with Gasteiger partial charge in [0.15, 0.2) is 0 Å². The van der Waals surface area contributed by atoms with Gasteiger partial charge in [0.25, 0.3) is 0 Å². The maximum atomic E-state index is 6.18. The minimum atomic E-state index is 0.284. The summed E-state index contributed by atoms with van der Waals surface area (Å²) in [7, 11) is 0. The summed E-state index contributed by atoms with van der Waals surface area (Å²) >= 11 is 0. The highest BCUT2D eigenvalue weighted by molar-refractivity contribution is 4.84. The Morgan fingerprint density at radius 1 is 1.18 bits per heavy atom. The van der Waals surface area contributed by atoms with E-state index in [1.54, 1.807) is 0 Å². The van der Waals surface area contributed by atoms with Gasteiger partial charge < -0.3 is 10.5 Å². The van der Waals surface area contributed by atoms with Gasteiger partial charge in [-0.2, -0.15) is 0 Å². The molecule has 0 radical (unpaired) electrons. The summed E-state index contributed by atoms with van der Waals surface area (Å²) in [6.45, 7) is 5.59. The van der Waals surface area contributed by atoms with Gasteiger partial charge in [0.1, 0.15) is 0 Å². The number of ether oxygens (including phenoxy) is 1. The maximum absolute atomic E-state index is 6.18. The van der Waals surface area contributed by atoms with E-state index >= 15 is 0 Å². The highest BCUT2D eigenvalue weighted by atomic mass is 16.5. The monoisotopic (exact) mass is 239 g/mol. The molecule has 2 nitrogen and oxygen atoms in total. The summed E-state index contributed by atoms with van der Waals surface area (Å²) in [6.07, 6.45) is 9.50. The lowest BCUT2D eigenvalue weighted by molar-refractivity contribution is -0.0155. The van der Waals surface area contributed by atoms with E-state index in [0.29, 0.717) is 6.10 Å². The highest BCUT2D eigenvalue weighted by Gasteiger charge is 2.30. The minimum Gasteiger partial charge on any atom is -0.377 e. The lowest BCUT2D eigenvalue weighted by Gasteiger charge is -2.36. The average Bonchev–Trinajstić information content (AvgIpc) is 2.23. The first-order valence-corrected chi connectivity index (χ1v) is 7.54. The van der Waals surface area contributed by atoms with Crippen LogP contribution < -0.4 is 5.73 Å². The Labute approximate surface area is 106 Å². The van der Waals surface area contributed by atoms with E-state index in [1.807, 2.05) is 0 Å². The van der Waals surface area contributed by atoms with Gasteiger partial charge in [-0.25, -0.2) is 0 Å². The molecule has 0 aliphatic heterocycles. The van der Waals surface area contributed by atoms with Crippen LogP contribution in [0.5, 0.6) is 0 Å². The molecular weight excluding hydrogens is 210 g/mol. The number of rotatable bonds is 5. The molecule has 0 bridgehead atoms. The molecule has 17 heavy (non-hydrogen) atoms. The Hall–Kier alpha value is -0.0800. The fourth-order valence-electron chi connectivity index (χ4n) is 3.15. The second-order valence-electron chi connectivity index (χ2n) is 6.48. The topological polar surface area (TPSA) is 35.2 Å². The summed E-state index contributed by atoms with van der Waals surface area (Å²) in [5.74, 6) is 2.56. The van der Waals surface area contributed by atoms with Crippen molar-refractivity contribution in [2.45, 2.75) is 70.9 Å². The Morgan fingerprint density at radius 2 is 1.94 bits per heavy atom. The Kier molecular flexibility index (Phi) is 4.87. The van der Waals surface area contributed by atoms with Crippen molar-refractivity contribution in [1.82, 2.24) is 0 Å². The molecule has 3 atom stereocenters. The molecule has 2 aliphatic rings. The first-order valence-electron chi connectivity index (χ1n) is 7.54. The van der Waals surface area contributed by atoms with Gasteiger partial charge in [-0.05, 0) is 43.4 Å². The third-order valence-electron chi connectivity index (χ3n) is 4.91. The van der Waals surface area contributed by atoms with E-state index in [9.17, 15) is 0 Å². The molecule has 0 aromatic carbocycles. The first kappa shape index (κ1) is 13.4. The summed E-state index contributed by atoms with van der Waals surface area (Å²) < 4.78 is 6.06. The predicted octanol–water partition coefficient (Wildman–Crippen LogP) is 3.35. The number of hydrogen-bond donors (Lipinski definition) is 1. The second-order valence-corrected chi connectivity index (χ2v) is 6.48. The van der Waals surface area contributed by atoms with Gasteiger partial charge in [0.2, 0.25) is 0 Å². The standard InChI is InChI=1S/C15H29NO/c1-11(2)13-6-7-14(16)15(10-13)17-9-8-12-4-3-5-12/h11-15H,3-10,16H2,1-2H3. The number of hydrogen-bond acceptors (Lipinski definition) is 2. The molecule has 0 heterocycles. The fraction of sp³-hybridized carbons (Fsp3) is 1.00. The quantitative estimate of drug-likeness (QED) is 0.798. The molecule has 2 heteroatoms. The molecule has 100 valence electrons. The van der Waals surface area contributed by atoms with E-state index < -0.39 is 0 Å². The van der Waals surface area contributed by atoms with Gasteiger partial charge in [-0.15, -0.1) is 0 Å². The normalized spacial score (nSPS) is 34.9. The van der Waals surface area contributed by atoms with E-state index in [4.69, 9.17) is 10.5 Å². The molecule has 0 amide bonds. The molecule has 2 N–H and O–H groups in total. The molecule has 3 unspecified atom stereocenters. The van der Waals surface area contributed by atoms with Crippen LogP contribution in [0.2, 0.25) is 0 Å². The largest absolute Gasteiger partial charge is 0.377 e. The SMILES string of the molecule is CC(C)C1CCC(N)C(OCCC2CCC2)C1. The lowest BCUT2D eigenvalue weighted by atomic mass is 9.78. The van der Waals surface area contributed by atoms with Crippen molar-refractivity contribution in [2.75, 3.05) is 6.61 Å². The van der Waals surface area contributed by atoms with Crippen molar-refractivity contribution in [1.29, 1.82) is 0 Å². The molecule has 2 rings (SSSR count). The third kappa shape index (κ3) is 3.69. The van der Waals surface area contributed by atoms with Crippen LogP contribution >= 0.6 is 0 Å². The highest BCUT2D eigenvalue weighted by Crippen LogP contribution is 2.32. The Bertz CT molecular complexity index is 225.